The number of methoxy groups -OCH3 is 2. The Morgan fingerprint density at radius 3 is 1.86 bits per heavy atom. The maximum absolute atomic E-state index is 13.0. The van der Waals surface area contributed by atoms with Crippen molar-refractivity contribution in [3.05, 3.63) is 137 Å². The molecule has 176 valence electrons. The smallest absolute Gasteiger partial charge is 0.355 e. The van der Waals surface area contributed by atoms with E-state index in [9.17, 15) is 14.7 Å². The number of esters is 2. The molecule has 0 spiro atoms. The lowest BCUT2D eigenvalue weighted by Crippen LogP contribution is -2.33. The number of para-hydroxylation sites is 1. The standard InChI is InChI=1S/C29H25NO5/c1-34-27(31)23-17-11-12-20-30(26(23)28(32)35-2)25-19-10-9-18-24(25)29(33,21-13-5-3-6-14-21)22-15-7-4-8-16-22/h3-20,33H,1-2H3. The molecule has 0 amide bonds. The Hall–Kier alpha value is -4.42. The van der Waals surface area contributed by atoms with Crippen molar-refractivity contribution < 1.29 is 24.2 Å². The topological polar surface area (TPSA) is 76.1 Å². The Labute approximate surface area is 204 Å². The van der Waals surface area contributed by atoms with Crippen molar-refractivity contribution in [2.45, 2.75) is 5.60 Å². The molecule has 6 heteroatoms. The summed E-state index contributed by atoms with van der Waals surface area (Å²) in [6, 6.07) is 25.8. The lowest BCUT2D eigenvalue weighted by Gasteiger charge is -2.35. The van der Waals surface area contributed by atoms with Gasteiger partial charge in [-0.3, -0.25) is 0 Å². The molecule has 0 saturated carbocycles. The van der Waals surface area contributed by atoms with E-state index in [4.69, 9.17) is 9.47 Å². The molecule has 1 aliphatic rings. The summed E-state index contributed by atoms with van der Waals surface area (Å²) in [6.07, 6.45) is 6.48. The van der Waals surface area contributed by atoms with Crippen LogP contribution in [0.3, 0.4) is 0 Å². The third kappa shape index (κ3) is 4.39. The molecule has 3 aromatic rings. The van der Waals surface area contributed by atoms with E-state index >= 15 is 0 Å². The zero-order valence-electron chi connectivity index (χ0n) is 19.4. The van der Waals surface area contributed by atoms with Crippen LogP contribution in [0.5, 0.6) is 0 Å². The molecule has 0 aliphatic carbocycles. The molecular formula is C29H25NO5. The van der Waals surface area contributed by atoms with Gasteiger partial charge in [-0.15, -0.1) is 0 Å². The Morgan fingerprint density at radius 2 is 1.29 bits per heavy atom. The summed E-state index contributed by atoms with van der Waals surface area (Å²) in [5.41, 5.74) is 0.723. The third-order valence-corrected chi connectivity index (χ3v) is 5.83. The van der Waals surface area contributed by atoms with Crippen molar-refractivity contribution in [3.63, 3.8) is 0 Å². The first-order chi connectivity index (χ1) is 17.0. The fourth-order valence-electron chi connectivity index (χ4n) is 4.18. The van der Waals surface area contributed by atoms with E-state index in [1.807, 2.05) is 66.7 Å². The number of hydrogen-bond donors (Lipinski definition) is 1. The molecule has 6 nitrogen and oxygen atoms in total. The molecule has 0 aromatic heterocycles. The predicted octanol–water partition coefficient (Wildman–Crippen LogP) is 4.46. The zero-order chi connectivity index (χ0) is 24.8. The molecule has 3 aromatic carbocycles. The van der Waals surface area contributed by atoms with Gasteiger partial charge in [0.05, 0.1) is 25.5 Å². The van der Waals surface area contributed by atoms with Crippen molar-refractivity contribution in [2.24, 2.45) is 0 Å². The van der Waals surface area contributed by atoms with Crippen molar-refractivity contribution in [1.82, 2.24) is 0 Å². The summed E-state index contributed by atoms with van der Waals surface area (Å²) in [5.74, 6) is -1.41. The number of hydrogen-bond acceptors (Lipinski definition) is 6. The lowest BCUT2D eigenvalue weighted by atomic mass is 9.79. The van der Waals surface area contributed by atoms with Crippen LogP contribution >= 0.6 is 0 Å². The third-order valence-electron chi connectivity index (χ3n) is 5.83. The van der Waals surface area contributed by atoms with E-state index in [0.29, 0.717) is 22.4 Å². The molecule has 0 atom stereocenters. The largest absolute Gasteiger partial charge is 0.465 e. The Kier molecular flexibility index (Phi) is 6.94. The number of nitrogens with zero attached hydrogens (tertiary/aromatic N) is 1. The minimum Gasteiger partial charge on any atom is -0.465 e. The number of carbonyl (C=O) groups is 2. The molecule has 35 heavy (non-hydrogen) atoms. The van der Waals surface area contributed by atoms with Crippen molar-refractivity contribution in [1.29, 1.82) is 0 Å². The molecule has 1 N–H and O–H groups in total. The zero-order valence-corrected chi connectivity index (χ0v) is 19.4. The molecule has 0 fully saturated rings. The summed E-state index contributed by atoms with van der Waals surface area (Å²) >= 11 is 0. The Bertz CT molecular complexity index is 1270. The van der Waals surface area contributed by atoms with Crippen molar-refractivity contribution in [2.75, 3.05) is 19.1 Å². The molecule has 4 rings (SSSR count). The number of ether oxygens (including phenoxy) is 2. The van der Waals surface area contributed by atoms with E-state index in [1.165, 1.54) is 20.3 Å². The van der Waals surface area contributed by atoms with Crippen LogP contribution in [-0.2, 0) is 24.7 Å². The minimum atomic E-state index is -1.57. The van der Waals surface area contributed by atoms with Gasteiger partial charge in [0.15, 0.2) is 0 Å². The maximum atomic E-state index is 13.0. The van der Waals surface area contributed by atoms with Crippen LogP contribution < -0.4 is 4.90 Å². The molecule has 1 aliphatic heterocycles. The predicted molar refractivity (Wildman–Crippen MR) is 133 cm³/mol. The number of rotatable bonds is 6. The fourth-order valence-corrected chi connectivity index (χ4v) is 4.18. The quantitative estimate of drug-likeness (QED) is 0.426. The molecule has 0 bridgehead atoms. The second-order valence-electron chi connectivity index (χ2n) is 7.78. The van der Waals surface area contributed by atoms with Crippen LogP contribution in [0, 0.1) is 0 Å². The summed E-state index contributed by atoms with van der Waals surface area (Å²) < 4.78 is 9.97. The van der Waals surface area contributed by atoms with E-state index < -0.39 is 17.5 Å². The van der Waals surface area contributed by atoms with Crippen LogP contribution in [0.1, 0.15) is 16.7 Å². The lowest BCUT2D eigenvalue weighted by molar-refractivity contribution is -0.139. The van der Waals surface area contributed by atoms with Gasteiger partial charge in [0, 0.05) is 11.8 Å². The Morgan fingerprint density at radius 1 is 0.743 bits per heavy atom. The van der Waals surface area contributed by atoms with Gasteiger partial charge in [-0.25, -0.2) is 9.59 Å². The van der Waals surface area contributed by atoms with Crippen LogP contribution in [0.4, 0.5) is 5.69 Å². The molecule has 0 saturated heterocycles. The summed E-state index contributed by atoms with van der Waals surface area (Å²) in [4.78, 5) is 27.1. The van der Waals surface area contributed by atoms with Crippen LogP contribution in [-0.4, -0.2) is 31.3 Å². The molecule has 0 unspecified atom stereocenters. The van der Waals surface area contributed by atoms with Crippen molar-refractivity contribution in [3.8, 4) is 0 Å². The van der Waals surface area contributed by atoms with Gasteiger partial charge >= 0.3 is 11.9 Å². The fraction of sp³-hybridized carbons (Fsp3) is 0.103. The number of allylic oxidation sites excluding steroid dienone is 2. The van der Waals surface area contributed by atoms with Crippen LogP contribution in [0.15, 0.2) is 121 Å². The average molecular weight is 468 g/mol. The van der Waals surface area contributed by atoms with Gasteiger partial charge in [-0.05, 0) is 29.3 Å². The highest BCUT2D eigenvalue weighted by atomic mass is 16.5. The molecular weight excluding hydrogens is 442 g/mol. The highest BCUT2D eigenvalue weighted by Crippen LogP contribution is 2.42. The maximum Gasteiger partial charge on any atom is 0.355 e. The van der Waals surface area contributed by atoms with E-state index in [1.54, 1.807) is 41.5 Å². The first kappa shape index (κ1) is 23.7. The second-order valence-corrected chi connectivity index (χ2v) is 7.78. The van der Waals surface area contributed by atoms with E-state index in [2.05, 4.69) is 0 Å². The highest BCUT2D eigenvalue weighted by Gasteiger charge is 2.38. The normalized spacial score (nSPS) is 13.4. The van der Waals surface area contributed by atoms with E-state index in [-0.39, 0.29) is 11.3 Å². The number of anilines is 1. The van der Waals surface area contributed by atoms with Gasteiger partial charge in [0.1, 0.15) is 11.3 Å². The van der Waals surface area contributed by atoms with Gasteiger partial charge in [-0.2, -0.15) is 0 Å². The van der Waals surface area contributed by atoms with Gasteiger partial charge < -0.3 is 19.5 Å². The average Bonchev–Trinajstić information content (AvgIpc) is 3.16. The number of carbonyl (C=O) groups excluding carboxylic acids is 2. The SMILES string of the molecule is COC(=O)C1=C(C(=O)OC)N(c2ccccc2C(O)(c2ccccc2)c2ccccc2)C=CC=C1. The van der Waals surface area contributed by atoms with Gasteiger partial charge in [0.25, 0.3) is 0 Å². The molecule has 1 heterocycles. The highest BCUT2D eigenvalue weighted by molar-refractivity contribution is 6.05. The first-order valence-corrected chi connectivity index (χ1v) is 11.0. The molecule has 0 radical (unpaired) electrons. The summed E-state index contributed by atoms with van der Waals surface area (Å²) in [6.45, 7) is 0. The second kappa shape index (κ2) is 10.2. The van der Waals surface area contributed by atoms with Crippen molar-refractivity contribution >= 4 is 17.6 Å². The first-order valence-electron chi connectivity index (χ1n) is 11.0. The van der Waals surface area contributed by atoms with Gasteiger partial charge in [0.2, 0.25) is 0 Å². The Balaban J connectivity index is 2.02. The van der Waals surface area contributed by atoms with Gasteiger partial charge in [-0.1, -0.05) is 84.9 Å². The van der Waals surface area contributed by atoms with Crippen LogP contribution in [0.2, 0.25) is 0 Å². The minimum absolute atomic E-state index is 0.0275. The van der Waals surface area contributed by atoms with Crippen LogP contribution in [0.25, 0.3) is 0 Å². The van der Waals surface area contributed by atoms with E-state index in [0.717, 1.165) is 0 Å². The number of aliphatic hydroxyl groups is 1. The number of benzene rings is 3. The summed E-state index contributed by atoms with van der Waals surface area (Å²) in [5, 5.41) is 12.4. The monoisotopic (exact) mass is 467 g/mol. The summed E-state index contributed by atoms with van der Waals surface area (Å²) in [7, 11) is 2.50.